The number of likely N-dealkylation sites (tertiary alicyclic amines) is 1. The topological polar surface area (TPSA) is 56.6 Å². The second-order valence-electron chi connectivity index (χ2n) is 6.22. The van der Waals surface area contributed by atoms with Crippen LogP contribution in [0.3, 0.4) is 0 Å². The van der Waals surface area contributed by atoms with Crippen LogP contribution in [0.4, 0.5) is 0 Å². The van der Waals surface area contributed by atoms with Gasteiger partial charge in [-0.15, -0.1) is 0 Å². The van der Waals surface area contributed by atoms with Crippen LogP contribution in [0.2, 0.25) is 0 Å². The highest BCUT2D eigenvalue weighted by atomic mass is 16.5. The summed E-state index contributed by atoms with van der Waals surface area (Å²) < 4.78 is 13.0. The van der Waals surface area contributed by atoms with Gasteiger partial charge in [-0.1, -0.05) is 0 Å². The number of carbonyl (C=O) groups excluding carboxylic acids is 1. The number of hydrogen-bond acceptors (Lipinski definition) is 4. The number of aromatic nitrogens is 2. The van der Waals surface area contributed by atoms with Gasteiger partial charge in [0.15, 0.2) is 0 Å². The van der Waals surface area contributed by atoms with E-state index >= 15 is 0 Å². The number of rotatable bonds is 6. The first-order valence-corrected chi connectivity index (χ1v) is 8.74. The maximum Gasteiger partial charge on any atom is 0.253 e. The Morgan fingerprint density at radius 3 is 3.00 bits per heavy atom. The van der Waals surface area contributed by atoms with E-state index in [1.54, 1.807) is 13.3 Å². The molecule has 6 heteroatoms. The fourth-order valence-electron chi connectivity index (χ4n) is 3.29. The first-order chi connectivity index (χ1) is 12.2. The highest BCUT2D eigenvalue weighted by molar-refractivity contribution is 5.94. The minimum absolute atomic E-state index is 0.0604. The zero-order chi connectivity index (χ0) is 17.6. The van der Waals surface area contributed by atoms with Crippen molar-refractivity contribution in [3.05, 3.63) is 48.0 Å². The molecule has 2 heterocycles. The van der Waals surface area contributed by atoms with Gasteiger partial charge < -0.3 is 18.9 Å². The van der Waals surface area contributed by atoms with E-state index in [0.29, 0.717) is 31.4 Å². The molecule has 1 atom stereocenters. The maximum absolute atomic E-state index is 13.0. The molecule has 6 nitrogen and oxygen atoms in total. The fourth-order valence-corrected chi connectivity index (χ4v) is 3.29. The summed E-state index contributed by atoms with van der Waals surface area (Å²) in [6.07, 6.45) is 7.64. The van der Waals surface area contributed by atoms with Gasteiger partial charge in [-0.2, -0.15) is 0 Å². The Kier molecular flexibility index (Phi) is 5.71. The van der Waals surface area contributed by atoms with Crippen LogP contribution in [-0.2, 0) is 11.3 Å². The van der Waals surface area contributed by atoms with Crippen LogP contribution in [0.1, 0.15) is 41.7 Å². The monoisotopic (exact) mass is 343 g/mol. The molecule has 1 saturated heterocycles. The molecule has 0 N–H and O–H groups in total. The third kappa shape index (κ3) is 4.02. The standard InChI is InChI=1S/C19H25N3O3/c1-3-25-13-16-11-15(6-7-18(16)24-2)19(23)21-9-4-5-17(12-21)22-10-8-20-14-22/h6-8,10-11,14,17H,3-5,9,12-13H2,1-2H3/t17-/m1/s1. The molecule has 0 unspecified atom stereocenters. The van der Waals surface area contributed by atoms with Gasteiger partial charge in [-0.3, -0.25) is 4.79 Å². The zero-order valence-electron chi connectivity index (χ0n) is 14.9. The fraction of sp³-hybridized carbons (Fsp3) is 0.474. The maximum atomic E-state index is 13.0. The zero-order valence-corrected chi connectivity index (χ0v) is 14.9. The van der Waals surface area contributed by atoms with E-state index in [4.69, 9.17) is 9.47 Å². The Labute approximate surface area is 148 Å². The summed E-state index contributed by atoms with van der Waals surface area (Å²) >= 11 is 0. The summed E-state index contributed by atoms with van der Waals surface area (Å²) in [4.78, 5) is 19.0. The second-order valence-corrected chi connectivity index (χ2v) is 6.22. The van der Waals surface area contributed by atoms with Gasteiger partial charge in [-0.25, -0.2) is 4.98 Å². The van der Waals surface area contributed by atoms with Crippen molar-refractivity contribution in [2.45, 2.75) is 32.4 Å². The molecule has 0 spiro atoms. The summed E-state index contributed by atoms with van der Waals surface area (Å²) in [6.45, 7) is 4.52. The number of piperidine rings is 1. The smallest absolute Gasteiger partial charge is 0.253 e. The van der Waals surface area contributed by atoms with Crippen LogP contribution in [0, 0.1) is 0 Å². The van der Waals surface area contributed by atoms with Crippen molar-refractivity contribution in [1.29, 1.82) is 0 Å². The van der Waals surface area contributed by atoms with Crippen molar-refractivity contribution in [2.24, 2.45) is 0 Å². The second kappa shape index (κ2) is 8.16. The number of imidazole rings is 1. The van der Waals surface area contributed by atoms with Gasteiger partial charge in [0.25, 0.3) is 5.91 Å². The van der Waals surface area contributed by atoms with E-state index < -0.39 is 0 Å². The Morgan fingerprint density at radius 2 is 2.28 bits per heavy atom. The molecule has 1 aromatic heterocycles. The number of benzene rings is 1. The highest BCUT2D eigenvalue weighted by Crippen LogP contribution is 2.25. The summed E-state index contributed by atoms with van der Waals surface area (Å²) in [7, 11) is 1.63. The molecule has 0 aliphatic carbocycles. The Hall–Kier alpha value is -2.34. The summed E-state index contributed by atoms with van der Waals surface area (Å²) in [5.41, 5.74) is 1.58. The molecular formula is C19H25N3O3. The molecular weight excluding hydrogens is 318 g/mol. The molecule has 0 saturated carbocycles. The average molecular weight is 343 g/mol. The molecule has 1 fully saturated rings. The number of hydrogen-bond donors (Lipinski definition) is 0. The van der Waals surface area contributed by atoms with Crippen molar-refractivity contribution < 1.29 is 14.3 Å². The van der Waals surface area contributed by atoms with Crippen LogP contribution >= 0.6 is 0 Å². The first kappa shape index (κ1) is 17.5. The highest BCUT2D eigenvalue weighted by Gasteiger charge is 2.25. The molecule has 1 aliphatic rings. The minimum atomic E-state index is 0.0604. The van der Waals surface area contributed by atoms with Crippen molar-refractivity contribution in [1.82, 2.24) is 14.5 Å². The van der Waals surface area contributed by atoms with E-state index in [9.17, 15) is 4.79 Å². The third-order valence-electron chi connectivity index (χ3n) is 4.62. The number of nitrogens with zero attached hydrogens (tertiary/aromatic N) is 3. The summed E-state index contributed by atoms with van der Waals surface area (Å²) in [5.74, 6) is 0.810. The lowest BCUT2D eigenvalue weighted by Gasteiger charge is -2.33. The number of ether oxygens (including phenoxy) is 2. The molecule has 0 radical (unpaired) electrons. The predicted molar refractivity (Wildman–Crippen MR) is 94.7 cm³/mol. The third-order valence-corrected chi connectivity index (χ3v) is 4.62. The molecule has 25 heavy (non-hydrogen) atoms. The van der Waals surface area contributed by atoms with E-state index in [-0.39, 0.29) is 5.91 Å². The van der Waals surface area contributed by atoms with E-state index in [0.717, 1.165) is 30.7 Å². The number of amides is 1. The normalized spacial score (nSPS) is 17.5. The summed E-state index contributed by atoms with van der Waals surface area (Å²) in [6, 6.07) is 5.86. The van der Waals surface area contributed by atoms with Crippen molar-refractivity contribution >= 4 is 5.91 Å². The van der Waals surface area contributed by atoms with E-state index in [1.807, 2.05) is 42.5 Å². The predicted octanol–water partition coefficient (Wildman–Crippen LogP) is 2.91. The van der Waals surface area contributed by atoms with Crippen LogP contribution in [-0.4, -0.2) is 47.2 Å². The molecule has 2 aromatic rings. The quantitative estimate of drug-likeness (QED) is 0.809. The van der Waals surface area contributed by atoms with Gasteiger partial charge in [0.2, 0.25) is 0 Å². The lowest BCUT2D eigenvalue weighted by atomic mass is 10.0. The van der Waals surface area contributed by atoms with Gasteiger partial charge in [-0.05, 0) is 38.0 Å². The van der Waals surface area contributed by atoms with Crippen molar-refractivity contribution in [3.8, 4) is 5.75 Å². The van der Waals surface area contributed by atoms with Crippen molar-refractivity contribution in [2.75, 3.05) is 26.8 Å². The molecule has 134 valence electrons. The van der Waals surface area contributed by atoms with Crippen LogP contribution in [0.15, 0.2) is 36.9 Å². The Balaban J connectivity index is 1.75. The molecule has 0 bridgehead atoms. The van der Waals surface area contributed by atoms with Crippen LogP contribution < -0.4 is 4.74 Å². The Morgan fingerprint density at radius 1 is 1.40 bits per heavy atom. The lowest BCUT2D eigenvalue weighted by Crippen LogP contribution is -2.40. The van der Waals surface area contributed by atoms with Crippen molar-refractivity contribution in [3.63, 3.8) is 0 Å². The first-order valence-electron chi connectivity index (χ1n) is 8.74. The van der Waals surface area contributed by atoms with Crippen LogP contribution in [0.5, 0.6) is 5.75 Å². The van der Waals surface area contributed by atoms with E-state index in [1.165, 1.54) is 0 Å². The van der Waals surface area contributed by atoms with E-state index in [2.05, 4.69) is 9.55 Å². The SMILES string of the molecule is CCOCc1cc(C(=O)N2CCC[C@@H](n3ccnc3)C2)ccc1OC. The van der Waals surface area contributed by atoms with Gasteiger partial charge in [0.1, 0.15) is 5.75 Å². The van der Waals surface area contributed by atoms with Gasteiger partial charge in [0.05, 0.1) is 26.1 Å². The number of methoxy groups -OCH3 is 1. The molecule has 3 rings (SSSR count). The molecule has 1 aliphatic heterocycles. The average Bonchev–Trinajstić information content (AvgIpc) is 3.20. The largest absolute Gasteiger partial charge is 0.496 e. The minimum Gasteiger partial charge on any atom is -0.496 e. The lowest BCUT2D eigenvalue weighted by molar-refractivity contribution is 0.0679. The molecule has 1 amide bonds. The Bertz CT molecular complexity index is 700. The van der Waals surface area contributed by atoms with Crippen LogP contribution in [0.25, 0.3) is 0 Å². The number of carbonyl (C=O) groups is 1. The summed E-state index contributed by atoms with van der Waals surface area (Å²) in [5, 5.41) is 0. The van der Waals surface area contributed by atoms with Gasteiger partial charge >= 0.3 is 0 Å². The molecule has 1 aromatic carbocycles. The van der Waals surface area contributed by atoms with Gasteiger partial charge in [0, 0.05) is 43.2 Å².